The zero-order valence-electron chi connectivity index (χ0n) is 12.7. The van der Waals surface area contributed by atoms with Gasteiger partial charge in [0, 0.05) is 12.5 Å². The van der Waals surface area contributed by atoms with Gasteiger partial charge < -0.3 is 4.74 Å². The predicted octanol–water partition coefficient (Wildman–Crippen LogP) is 2.99. The maximum atomic E-state index is 12.0. The van der Waals surface area contributed by atoms with E-state index in [2.05, 4.69) is 24.8 Å². The Labute approximate surface area is 126 Å². The van der Waals surface area contributed by atoms with Gasteiger partial charge in [-0.15, -0.1) is 0 Å². The molecule has 0 aromatic heterocycles. The van der Waals surface area contributed by atoms with E-state index in [4.69, 9.17) is 10.00 Å². The van der Waals surface area contributed by atoms with E-state index in [1.54, 1.807) is 12.1 Å². The van der Waals surface area contributed by atoms with Crippen LogP contribution in [0.5, 0.6) is 0 Å². The SMILES string of the molecule is CCN(CC)Cc1ccc(C(=O)O[C@@H](C#N)C2CC2)cc1. The Kier molecular flexibility index (Phi) is 5.35. The van der Waals surface area contributed by atoms with Crippen molar-refractivity contribution in [2.24, 2.45) is 5.92 Å². The number of hydrogen-bond acceptors (Lipinski definition) is 4. The first kappa shape index (κ1) is 15.5. The number of nitriles is 1. The Morgan fingerprint density at radius 3 is 2.43 bits per heavy atom. The highest BCUT2D eigenvalue weighted by molar-refractivity contribution is 5.89. The van der Waals surface area contributed by atoms with Crippen LogP contribution in [0, 0.1) is 17.2 Å². The van der Waals surface area contributed by atoms with Crippen molar-refractivity contribution in [2.45, 2.75) is 39.3 Å². The highest BCUT2D eigenvalue weighted by Gasteiger charge is 2.34. The van der Waals surface area contributed by atoms with Gasteiger partial charge in [0.1, 0.15) is 6.07 Å². The molecular formula is C17H22N2O2. The summed E-state index contributed by atoms with van der Waals surface area (Å²) in [4.78, 5) is 14.3. The standard InChI is InChI=1S/C17H22N2O2/c1-3-19(4-2)12-13-5-7-15(8-6-13)17(20)21-16(11-18)14-9-10-14/h5-8,14,16H,3-4,9-10,12H2,1-2H3/t16-/m0/s1. The smallest absolute Gasteiger partial charge is 0.339 e. The Bertz CT molecular complexity index is 511. The first-order chi connectivity index (χ1) is 10.2. The molecule has 0 radical (unpaired) electrons. The number of hydrogen-bond donors (Lipinski definition) is 0. The summed E-state index contributed by atoms with van der Waals surface area (Å²) in [5, 5.41) is 9.00. The Hall–Kier alpha value is -1.86. The van der Waals surface area contributed by atoms with Gasteiger partial charge >= 0.3 is 5.97 Å². The molecule has 1 aliphatic carbocycles. The molecular weight excluding hydrogens is 264 g/mol. The van der Waals surface area contributed by atoms with Gasteiger partial charge in [-0.1, -0.05) is 26.0 Å². The first-order valence-electron chi connectivity index (χ1n) is 7.59. The number of esters is 1. The van der Waals surface area contributed by atoms with E-state index in [0.717, 1.165) is 32.5 Å². The van der Waals surface area contributed by atoms with Gasteiger partial charge in [0.15, 0.2) is 6.10 Å². The fourth-order valence-electron chi connectivity index (χ4n) is 2.26. The lowest BCUT2D eigenvalue weighted by Gasteiger charge is -2.18. The van der Waals surface area contributed by atoms with Gasteiger partial charge in [0.2, 0.25) is 0 Å². The van der Waals surface area contributed by atoms with Gasteiger partial charge in [-0.2, -0.15) is 5.26 Å². The summed E-state index contributed by atoms with van der Waals surface area (Å²) in [5.74, 6) is -0.163. The van der Waals surface area contributed by atoms with E-state index >= 15 is 0 Å². The zero-order chi connectivity index (χ0) is 15.2. The molecule has 4 nitrogen and oxygen atoms in total. The number of benzene rings is 1. The molecule has 1 aromatic rings. The number of nitrogens with zero attached hydrogens (tertiary/aromatic N) is 2. The third kappa shape index (κ3) is 4.30. The molecule has 1 saturated carbocycles. The predicted molar refractivity (Wildman–Crippen MR) is 80.6 cm³/mol. The lowest BCUT2D eigenvalue weighted by molar-refractivity contribution is 0.0370. The molecule has 0 aliphatic heterocycles. The maximum Gasteiger partial charge on any atom is 0.339 e. The van der Waals surface area contributed by atoms with E-state index in [9.17, 15) is 4.79 Å². The molecule has 1 atom stereocenters. The molecule has 0 heterocycles. The number of carbonyl (C=O) groups excluding carboxylic acids is 1. The van der Waals surface area contributed by atoms with Crippen molar-refractivity contribution in [1.29, 1.82) is 5.26 Å². The molecule has 0 spiro atoms. The van der Waals surface area contributed by atoms with Crippen LogP contribution in [0.2, 0.25) is 0 Å². The average molecular weight is 286 g/mol. The van der Waals surface area contributed by atoms with Crippen LogP contribution < -0.4 is 0 Å². The molecule has 112 valence electrons. The van der Waals surface area contributed by atoms with Crippen LogP contribution in [0.1, 0.15) is 42.6 Å². The highest BCUT2D eigenvalue weighted by atomic mass is 16.5. The van der Waals surface area contributed by atoms with Gasteiger partial charge in [-0.3, -0.25) is 4.90 Å². The molecule has 21 heavy (non-hydrogen) atoms. The monoisotopic (exact) mass is 286 g/mol. The van der Waals surface area contributed by atoms with Gasteiger partial charge in [-0.05, 0) is 43.6 Å². The van der Waals surface area contributed by atoms with Crippen molar-refractivity contribution in [3.05, 3.63) is 35.4 Å². The summed E-state index contributed by atoms with van der Waals surface area (Å²) in [6.45, 7) is 7.16. The highest BCUT2D eigenvalue weighted by Crippen LogP contribution is 2.34. The summed E-state index contributed by atoms with van der Waals surface area (Å²) in [6.07, 6.45) is 1.37. The maximum absolute atomic E-state index is 12.0. The molecule has 1 fully saturated rings. The Morgan fingerprint density at radius 1 is 1.33 bits per heavy atom. The fourth-order valence-corrected chi connectivity index (χ4v) is 2.26. The lowest BCUT2D eigenvalue weighted by atomic mass is 10.1. The third-order valence-corrected chi connectivity index (χ3v) is 3.90. The van der Waals surface area contributed by atoms with Crippen LogP contribution in [0.15, 0.2) is 24.3 Å². The molecule has 4 heteroatoms. The topological polar surface area (TPSA) is 53.3 Å². The van der Waals surface area contributed by atoms with Crippen LogP contribution in [0.3, 0.4) is 0 Å². The van der Waals surface area contributed by atoms with E-state index in [-0.39, 0.29) is 5.92 Å². The van der Waals surface area contributed by atoms with Crippen molar-refractivity contribution in [3.8, 4) is 6.07 Å². The molecule has 0 unspecified atom stereocenters. The Balaban J connectivity index is 1.94. The van der Waals surface area contributed by atoms with Crippen LogP contribution in [0.25, 0.3) is 0 Å². The summed E-state index contributed by atoms with van der Waals surface area (Å²) < 4.78 is 5.26. The molecule has 0 N–H and O–H groups in total. The zero-order valence-corrected chi connectivity index (χ0v) is 12.7. The second-order valence-corrected chi connectivity index (χ2v) is 5.45. The van der Waals surface area contributed by atoms with Crippen LogP contribution in [0.4, 0.5) is 0 Å². The molecule has 0 amide bonds. The van der Waals surface area contributed by atoms with Crippen molar-refractivity contribution in [3.63, 3.8) is 0 Å². The summed E-state index contributed by atoms with van der Waals surface area (Å²) in [7, 11) is 0. The third-order valence-electron chi connectivity index (χ3n) is 3.90. The minimum atomic E-state index is -0.590. The van der Waals surface area contributed by atoms with Crippen LogP contribution >= 0.6 is 0 Å². The normalized spacial score (nSPS) is 15.5. The minimum absolute atomic E-state index is 0.237. The molecule has 0 bridgehead atoms. The van der Waals surface area contributed by atoms with Crippen LogP contribution in [-0.2, 0) is 11.3 Å². The molecule has 0 saturated heterocycles. The molecule has 1 aromatic carbocycles. The van der Waals surface area contributed by atoms with Crippen molar-refractivity contribution in [1.82, 2.24) is 4.90 Å². The largest absolute Gasteiger partial charge is 0.443 e. The van der Waals surface area contributed by atoms with Gasteiger partial charge in [-0.25, -0.2) is 4.79 Å². The minimum Gasteiger partial charge on any atom is -0.443 e. The summed E-state index contributed by atoms with van der Waals surface area (Å²) >= 11 is 0. The summed E-state index contributed by atoms with van der Waals surface area (Å²) in [6, 6.07) is 9.53. The lowest BCUT2D eigenvalue weighted by Crippen LogP contribution is -2.22. The van der Waals surface area contributed by atoms with Gasteiger partial charge in [0.25, 0.3) is 0 Å². The average Bonchev–Trinajstić information content (AvgIpc) is 3.35. The fraction of sp³-hybridized carbons (Fsp3) is 0.529. The van der Waals surface area contributed by atoms with E-state index in [1.807, 2.05) is 12.1 Å². The van der Waals surface area contributed by atoms with E-state index in [1.165, 1.54) is 5.56 Å². The second kappa shape index (κ2) is 7.24. The van der Waals surface area contributed by atoms with E-state index in [0.29, 0.717) is 5.56 Å². The summed E-state index contributed by atoms with van der Waals surface area (Å²) in [5.41, 5.74) is 1.69. The van der Waals surface area contributed by atoms with Crippen molar-refractivity contribution < 1.29 is 9.53 Å². The molecule has 2 rings (SSSR count). The van der Waals surface area contributed by atoms with Crippen molar-refractivity contribution in [2.75, 3.05) is 13.1 Å². The van der Waals surface area contributed by atoms with Crippen molar-refractivity contribution >= 4 is 5.97 Å². The quantitative estimate of drug-likeness (QED) is 0.723. The van der Waals surface area contributed by atoms with Gasteiger partial charge in [0.05, 0.1) is 5.56 Å². The van der Waals surface area contributed by atoms with E-state index < -0.39 is 12.1 Å². The number of rotatable bonds is 7. The number of carbonyl (C=O) groups is 1. The molecule has 1 aliphatic rings. The Morgan fingerprint density at radius 2 is 1.95 bits per heavy atom. The van der Waals surface area contributed by atoms with Crippen LogP contribution in [-0.4, -0.2) is 30.1 Å². The number of ether oxygens (including phenoxy) is 1. The first-order valence-corrected chi connectivity index (χ1v) is 7.59. The second-order valence-electron chi connectivity index (χ2n) is 5.45.